The number of carbonyl (C=O) groups is 1. The Morgan fingerprint density at radius 3 is 2.77 bits per heavy atom. The van der Waals surface area contributed by atoms with Crippen LogP contribution >= 0.6 is 22.9 Å². The van der Waals surface area contributed by atoms with E-state index in [2.05, 4.69) is 21.1 Å². The fourth-order valence-corrected chi connectivity index (χ4v) is 6.45. The lowest BCUT2D eigenvalue weighted by molar-refractivity contribution is -0.132. The monoisotopic (exact) mass is 467 g/mol. The number of piperidine rings is 1. The topological polar surface area (TPSA) is 69.7 Å². The van der Waals surface area contributed by atoms with Crippen molar-refractivity contribution in [1.29, 1.82) is 0 Å². The van der Waals surface area contributed by atoms with E-state index in [9.17, 15) is 13.2 Å². The van der Waals surface area contributed by atoms with Crippen molar-refractivity contribution >= 4 is 38.9 Å². The Morgan fingerprint density at radius 1 is 1.20 bits per heavy atom. The summed E-state index contributed by atoms with van der Waals surface area (Å²) in [5, 5.41) is 2.54. The molecule has 0 saturated carbocycles. The SMILES string of the molecule is O=C(CCNS(=O)(=O)c1cccc(Cl)c1)N1CCC(N2CCc3sccc3C2)CC1. The van der Waals surface area contributed by atoms with Crippen LogP contribution in [0.25, 0.3) is 0 Å². The van der Waals surface area contributed by atoms with Crippen LogP contribution in [0.5, 0.6) is 0 Å². The van der Waals surface area contributed by atoms with Crippen molar-refractivity contribution in [2.75, 3.05) is 26.2 Å². The number of carbonyl (C=O) groups excluding carboxylic acids is 1. The molecular weight excluding hydrogens is 442 g/mol. The third-order valence-electron chi connectivity index (χ3n) is 5.91. The lowest BCUT2D eigenvalue weighted by atomic mass is 9.99. The van der Waals surface area contributed by atoms with Gasteiger partial charge in [-0.1, -0.05) is 17.7 Å². The fraction of sp³-hybridized carbons (Fsp3) is 0.476. The number of likely N-dealkylation sites (tertiary alicyclic amines) is 1. The van der Waals surface area contributed by atoms with Crippen molar-refractivity contribution in [2.24, 2.45) is 0 Å². The number of hydrogen-bond donors (Lipinski definition) is 1. The van der Waals surface area contributed by atoms with Crippen LogP contribution in [0.15, 0.2) is 40.6 Å². The van der Waals surface area contributed by atoms with Crippen molar-refractivity contribution in [2.45, 2.75) is 43.2 Å². The van der Waals surface area contributed by atoms with E-state index in [0.29, 0.717) is 11.1 Å². The zero-order valence-corrected chi connectivity index (χ0v) is 19.1. The molecule has 2 aliphatic rings. The van der Waals surface area contributed by atoms with Gasteiger partial charge in [0.2, 0.25) is 15.9 Å². The number of fused-ring (bicyclic) bond motifs is 1. The Balaban J connectivity index is 1.22. The Labute approximate surface area is 186 Å². The van der Waals surface area contributed by atoms with Crippen molar-refractivity contribution < 1.29 is 13.2 Å². The number of halogens is 1. The highest BCUT2D eigenvalue weighted by atomic mass is 35.5. The maximum absolute atomic E-state index is 12.5. The summed E-state index contributed by atoms with van der Waals surface area (Å²) in [4.78, 5) is 18.6. The van der Waals surface area contributed by atoms with E-state index < -0.39 is 10.0 Å². The lowest BCUT2D eigenvalue weighted by Gasteiger charge is -2.40. The van der Waals surface area contributed by atoms with E-state index >= 15 is 0 Å². The molecule has 9 heteroatoms. The highest BCUT2D eigenvalue weighted by Gasteiger charge is 2.29. The van der Waals surface area contributed by atoms with Gasteiger partial charge in [0.25, 0.3) is 0 Å². The first kappa shape index (κ1) is 21.8. The van der Waals surface area contributed by atoms with Gasteiger partial charge in [0, 0.05) is 55.1 Å². The number of nitrogens with zero attached hydrogens (tertiary/aromatic N) is 2. The van der Waals surface area contributed by atoms with Gasteiger partial charge in [-0.25, -0.2) is 13.1 Å². The van der Waals surface area contributed by atoms with E-state index in [4.69, 9.17) is 11.6 Å². The summed E-state index contributed by atoms with van der Waals surface area (Å²) >= 11 is 7.72. The van der Waals surface area contributed by atoms with Crippen LogP contribution in [0.3, 0.4) is 0 Å². The zero-order valence-electron chi connectivity index (χ0n) is 16.7. The molecule has 4 rings (SSSR count). The molecule has 1 aromatic carbocycles. The molecule has 1 N–H and O–H groups in total. The van der Waals surface area contributed by atoms with Crippen molar-refractivity contribution in [3.05, 3.63) is 51.2 Å². The Morgan fingerprint density at radius 2 is 2.00 bits per heavy atom. The van der Waals surface area contributed by atoms with Crippen LogP contribution < -0.4 is 4.72 Å². The summed E-state index contributed by atoms with van der Waals surface area (Å²) in [6, 6.07) is 8.85. The van der Waals surface area contributed by atoms with E-state index in [0.717, 1.165) is 45.4 Å². The molecule has 2 aliphatic heterocycles. The third kappa shape index (κ3) is 5.06. The second-order valence-corrected chi connectivity index (χ2v) is 11.0. The van der Waals surface area contributed by atoms with Gasteiger partial charge >= 0.3 is 0 Å². The molecule has 0 spiro atoms. The highest BCUT2D eigenvalue weighted by molar-refractivity contribution is 7.89. The van der Waals surface area contributed by atoms with Gasteiger partial charge in [-0.3, -0.25) is 9.69 Å². The maximum atomic E-state index is 12.5. The molecule has 0 radical (unpaired) electrons. The van der Waals surface area contributed by atoms with Gasteiger partial charge in [-0.15, -0.1) is 11.3 Å². The molecular formula is C21H26ClN3O3S2. The number of benzene rings is 1. The molecule has 6 nitrogen and oxygen atoms in total. The van der Waals surface area contributed by atoms with Crippen LogP contribution in [0.1, 0.15) is 29.7 Å². The molecule has 2 aromatic rings. The lowest BCUT2D eigenvalue weighted by Crippen LogP contribution is -2.48. The van der Waals surface area contributed by atoms with Crippen LogP contribution in [-0.2, 0) is 27.8 Å². The van der Waals surface area contributed by atoms with Crippen molar-refractivity contribution in [3.63, 3.8) is 0 Å². The van der Waals surface area contributed by atoms with Crippen LogP contribution in [0.2, 0.25) is 5.02 Å². The molecule has 1 aromatic heterocycles. The largest absolute Gasteiger partial charge is 0.343 e. The minimum absolute atomic E-state index is 0.000934. The first-order chi connectivity index (χ1) is 14.4. The van der Waals surface area contributed by atoms with Crippen LogP contribution in [0, 0.1) is 0 Å². The standard InChI is InChI=1S/C21H26ClN3O3S2/c22-17-2-1-3-19(14-17)30(27,28)23-9-4-21(26)24-10-5-18(6-11-24)25-12-7-20-16(15-25)8-13-29-20/h1-3,8,13-14,18,23H,4-7,9-12,15H2. The second kappa shape index (κ2) is 9.36. The van der Waals surface area contributed by atoms with Gasteiger partial charge in [0.15, 0.2) is 0 Å². The number of nitrogens with one attached hydrogen (secondary N) is 1. The van der Waals surface area contributed by atoms with E-state index in [1.807, 2.05) is 16.2 Å². The number of rotatable bonds is 6. The third-order valence-corrected chi connectivity index (χ3v) is 8.62. The molecule has 1 amide bonds. The van der Waals surface area contributed by atoms with Gasteiger partial charge in [-0.2, -0.15) is 0 Å². The minimum atomic E-state index is -3.66. The molecule has 3 heterocycles. The molecule has 0 unspecified atom stereocenters. The number of amides is 1. The van der Waals surface area contributed by atoms with Gasteiger partial charge < -0.3 is 4.90 Å². The summed E-state index contributed by atoms with van der Waals surface area (Å²) < 4.78 is 27.2. The molecule has 0 atom stereocenters. The van der Waals surface area contributed by atoms with Gasteiger partial charge in [0.05, 0.1) is 4.90 Å². The first-order valence-corrected chi connectivity index (χ1v) is 13.0. The molecule has 1 fully saturated rings. The number of hydrogen-bond acceptors (Lipinski definition) is 5. The van der Waals surface area contributed by atoms with Gasteiger partial charge in [-0.05, 0) is 54.5 Å². The molecule has 0 aliphatic carbocycles. The molecule has 0 bridgehead atoms. The number of thiophene rings is 1. The average Bonchev–Trinajstić information content (AvgIpc) is 3.21. The van der Waals surface area contributed by atoms with Gasteiger partial charge in [0.1, 0.15) is 0 Å². The first-order valence-electron chi connectivity index (χ1n) is 10.2. The average molecular weight is 468 g/mol. The smallest absolute Gasteiger partial charge is 0.240 e. The van der Waals surface area contributed by atoms with E-state index in [-0.39, 0.29) is 23.8 Å². The maximum Gasteiger partial charge on any atom is 0.240 e. The summed E-state index contributed by atoms with van der Waals surface area (Å²) in [5.74, 6) is 0.000934. The zero-order chi connectivity index (χ0) is 21.1. The fourth-order valence-electron chi connectivity index (χ4n) is 4.23. The predicted octanol–water partition coefficient (Wildman–Crippen LogP) is 3.12. The second-order valence-electron chi connectivity index (χ2n) is 7.81. The molecule has 162 valence electrons. The summed E-state index contributed by atoms with van der Waals surface area (Å²) in [5.41, 5.74) is 1.46. The molecule has 30 heavy (non-hydrogen) atoms. The van der Waals surface area contributed by atoms with Crippen LogP contribution in [-0.4, -0.2) is 56.3 Å². The Kier molecular flexibility index (Phi) is 6.79. The van der Waals surface area contributed by atoms with Crippen molar-refractivity contribution in [1.82, 2.24) is 14.5 Å². The molecule has 1 saturated heterocycles. The normalized spacial score (nSPS) is 18.4. The Hall–Kier alpha value is -1.45. The summed E-state index contributed by atoms with van der Waals surface area (Å²) in [6.45, 7) is 3.66. The van der Waals surface area contributed by atoms with Crippen molar-refractivity contribution in [3.8, 4) is 0 Å². The summed E-state index contributed by atoms with van der Waals surface area (Å²) in [7, 11) is -3.66. The highest BCUT2D eigenvalue weighted by Crippen LogP contribution is 2.28. The minimum Gasteiger partial charge on any atom is -0.343 e. The summed E-state index contributed by atoms with van der Waals surface area (Å²) in [6.07, 6.45) is 3.23. The predicted molar refractivity (Wildman–Crippen MR) is 119 cm³/mol. The van der Waals surface area contributed by atoms with E-state index in [1.54, 1.807) is 12.1 Å². The number of sulfonamides is 1. The Bertz CT molecular complexity index is 1000. The van der Waals surface area contributed by atoms with Crippen LogP contribution in [0.4, 0.5) is 0 Å². The quantitative estimate of drug-likeness (QED) is 0.708. The van der Waals surface area contributed by atoms with E-state index in [1.165, 1.54) is 22.6 Å².